The van der Waals surface area contributed by atoms with Crippen molar-refractivity contribution in [2.45, 2.75) is 77.9 Å². The lowest BCUT2D eigenvalue weighted by molar-refractivity contribution is -0.149. The summed E-state index contributed by atoms with van der Waals surface area (Å²) in [7, 11) is 0. The van der Waals surface area contributed by atoms with E-state index in [2.05, 4.69) is 19.9 Å². The SMILES string of the molecule is CC(=O)O[C@H]1CCC2(C)C(=CCC3C2CC[C@]2(C)C(=O)CC(O)C32)C1. The molecule has 4 aliphatic carbocycles. The van der Waals surface area contributed by atoms with Gasteiger partial charge in [-0.25, -0.2) is 0 Å². The van der Waals surface area contributed by atoms with Crippen molar-refractivity contribution in [1.82, 2.24) is 0 Å². The molecule has 0 aromatic carbocycles. The minimum atomic E-state index is -0.471. The van der Waals surface area contributed by atoms with Gasteiger partial charge < -0.3 is 9.84 Å². The van der Waals surface area contributed by atoms with E-state index >= 15 is 0 Å². The standard InChI is InChI=1S/C21H30O4/c1-12(22)25-14-6-8-20(2)13(10-14)4-5-15-16(20)7-9-21(3)18(24)11-17(23)19(15)21/h4,14-17,19,23H,5-11H2,1-3H3/t14-,15?,16?,17?,19?,20?,21+/m0/s1. The number of aliphatic hydroxyl groups excluding tert-OH is 1. The van der Waals surface area contributed by atoms with E-state index in [4.69, 9.17) is 4.74 Å². The molecular weight excluding hydrogens is 316 g/mol. The van der Waals surface area contributed by atoms with E-state index in [1.165, 1.54) is 12.5 Å². The van der Waals surface area contributed by atoms with Gasteiger partial charge in [0, 0.05) is 31.1 Å². The Kier molecular flexibility index (Phi) is 3.91. The van der Waals surface area contributed by atoms with Crippen LogP contribution in [0.2, 0.25) is 0 Å². The highest BCUT2D eigenvalue weighted by Crippen LogP contribution is 2.64. The third-order valence-electron chi connectivity index (χ3n) is 8.09. The Morgan fingerprint density at radius 1 is 1.20 bits per heavy atom. The van der Waals surface area contributed by atoms with Gasteiger partial charge in [-0.2, -0.15) is 0 Å². The number of esters is 1. The lowest BCUT2D eigenvalue weighted by Crippen LogP contribution is -2.52. The quantitative estimate of drug-likeness (QED) is 0.584. The maximum atomic E-state index is 12.5. The molecule has 4 nitrogen and oxygen atoms in total. The van der Waals surface area contributed by atoms with Crippen molar-refractivity contribution in [2.24, 2.45) is 28.6 Å². The molecular formula is C21H30O4. The molecule has 3 fully saturated rings. The fourth-order valence-corrected chi connectivity index (χ4v) is 6.80. The summed E-state index contributed by atoms with van der Waals surface area (Å²) in [6.45, 7) is 5.94. The largest absolute Gasteiger partial charge is 0.462 e. The van der Waals surface area contributed by atoms with Gasteiger partial charge in [-0.1, -0.05) is 25.5 Å². The summed E-state index contributed by atoms with van der Waals surface area (Å²) in [6.07, 6.45) is 7.96. The zero-order valence-electron chi connectivity index (χ0n) is 15.6. The number of Topliss-reactive ketones (excluding diaryl/α,β-unsaturated/α-hetero) is 1. The normalized spacial score (nSPS) is 48.9. The molecule has 1 N–H and O–H groups in total. The minimum Gasteiger partial charge on any atom is -0.462 e. The second-order valence-corrected chi connectivity index (χ2v) is 9.30. The second-order valence-electron chi connectivity index (χ2n) is 9.30. The fraction of sp³-hybridized carbons (Fsp3) is 0.810. The number of rotatable bonds is 1. The van der Waals surface area contributed by atoms with E-state index in [1.807, 2.05) is 0 Å². The maximum Gasteiger partial charge on any atom is 0.302 e. The van der Waals surface area contributed by atoms with Crippen molar-refractivity contribution in [3.05, 3.63) is 11.6 Å². The van der Waals surface area contributed by atoms with Gasteiger partial charge in [0.05, 0.1) is 6.10 Å². The third kappa shape index (κ3) is 2.43. The Bertz CT molecular complexity index is 638. The summed E-state index contributed by atoms with van der Waals surface area (Å²) < 4.78 is 5.47. The van der Waals surface area contributed by atoms with Gasteiger partial charge in [-0.3, -0.25) is 9.59 Å². The van der Waals surface area contributed by atoms with Crippen molar-refractivity contribution >= 4 is 11.8 Å². The van der Waals surface area contributed by atoms with E-state index in [1.54, 1.807) is 0 Å². The molecule has 4 heteroatoms. The highest BCUT2D eigenvalue weighted by Gasteiger charge is 2.61. The minimum absolute atomic E-state index is 0.0147. The summed E-state index contributed by atoms with van der Waals surface area (Å²) >= 11 is 0. The van der Waals surface area contributed by atoms with Gasteiger partial charge in [0.2, 0.25) is 0 Å². The van der Waals surface area contributed by atoms with Crippen LogP contribution in [0.5, 0.6) is 0 Å². The molecule has 4 rings (SSSR count). The van der Waals surface area contributed by atoms with Gasteiger partial charge >= 0.3 is 5.97 Å². The number of carbonyl (C=O) groups is 2. The lowest BCUT2D eigenvalue weighted by atomic mass is 9.48. The molecule has 0 aliphatic heterocycles. The van der Waals surface area contributed by atoms with Gasteiger partial charge in [0.25, 0.3) is 0 Å². The lowest BCUT2D eigenvalue weighted by Gasteiger charge is -2.57. The number of hydrogen-bond acceptors (Lipinski definition) is 4. The fourth-order valence-electron chi connectivity index (χ4n) is 6.80. The first-order valence-electron chi connectivity index (χ1n) is 9.84. The van der Waals surface area contributed by atoms with Crippen molar-refractivity contribution in [3.63, 3.8) is 0 Å². The zero-order valence-corrected chi connectivity index (χ0v) is 15.6. The van der Waals surface area contributed by atoms with Crippen LogP contribution in [-0.4, -0.2) is 29.1 Å². The number of hydrogen-bond donors (Lipinski definition) is 1. The first kappa shape index (κ1) is 17.3. The average Bonchev–Trinajstić information content (AvgIpc) is 2.77. The first-order valence-corrected chi connectivity index (χ1v) is 9.84. The van der Waals surface area contributed by atoms with E-state index in [0.29, 0.717) is 18.3 Å². The number of ketones is 1. The van der Waals surface area contributed by atoms with Crippen molar-refractivity contribution < 1.29 is 19.4 Å². The Hall–Kier alpha value is -1.16. The van der Waals surface area contributed by atoms with Crippen LogP contribution in [0.4, 0.5) is 0 Å². The highest BCUT2D eigenvalue weighted by molar-refractivity contribution is 5.88. The van der Waals surface area contributed by atoms with Gasteiger partial charge in [-0.15, -0.1) is 0 Å². The summed E-state index contributed by atoms with van der Waals surface area (Å²) in [5.41, 5.74) is 1.25. The number of carbonyl (C=O) groups excluding carboxylic acids is 2. The summed E-state index contributed by atoms with van der Waals surface area (Å²) in [5.74, 6) is 1.12. The maximum absolute atomic E-state index is 12.5. The van der Waals surface area contributed by atoms with Crippen LogP contribution in [0.15, 0.2) is 11.6 Å². The van der Waals surface area contributed by atoms with Crippen LogP contribution in [0.1, 0.15) is 65.7 Å². The van der Waals surface area contributed by atoms with E-state index < -0.39 is 6.10 Å². The van der Waals surface area contributed by atoms with E-state index in [-0.39, 0.29) is 34.6 Å². The van der Waals surface area contributed by atoms with Crippen LogP contribution < -0.4 is 0 Å². The number of fused-ring (bicyclic) bond motifs is 5. The average molecular weight is 346 g/mol. The molecule has 0 spiro atoms. The predicted octanol–water partition coefficient (Wildman–Crippen LogP) is 3.42. The first-order chi connectivity index (χ1) is 11.8. The van der Waals surface area contributed by atoms with Crippen molar-refractivity contribution in [3.8, 4) is 0 Å². The van der Waals surface area contributed by atoms with Crippen LogP contribution in [0, 0.1) is 28.6 Å². The van der Waals surface area contributed by atoms with Crippen LogP contribution >= 0.6 is 0 Å². The topological polar surface area (TPSA) is 63.6 Å². The molecule has 5 unspecified atom stereocenters. The Balaban J connectivity index is 1.62. The smallest absolute Gasteiger partial charge is 0.302 e. The van der Waals surface area contributed by atoms with Crippen molar-refractivity contribution in [1.29, 1.82) is 0 Å². The molecule has 0 heterocycles. The molecule has 7 atom stereocenters. The Morgan fingerprint density at radius 2 is 1.92 bits per heavy atom. The molecule has 0 aromatic rings. The van der Waals surface area contributed by atoms with Gasteiger partial charge in [0.1, 0.15) is 11.9 Å². The third-order valence-corrected chi connectivity index (χ3v) is 8.09. The predicted molar refractivity (Wildman–Crippen MR) is 93.7 cm³/mol. The highest BCUT2D eigenvalue weighted by atomic mass is 16.5. The van der Waals surface area contributed by atoms with Crippen LogP contribution in [0.25, 0.3) is 0 Å². The van der Waals surface area contributed by atoms with Gasteiger partial charge in [-0.05, 0) is 49.4 Å². The van der Waals surface area contributed by atoms with Gasteiger partial charge in [0.15, 0.2) is 0 Å². The Morgan fingerprint density at radius 3 is 2.64 bits per heavy atom. The molecule has 0 aromatic heterocycles. The monoisotopic (exact) mass is 346 g/mol. The molecule has 3 saturated carbocycles. The summed E-state index contributed by atoms with van der Waals surface area (Å²) in [6, 6.07) is 0. The summed E-state index contributed by atoms with van der Waals surface area (Å²) in [4.78, 5) is 23.8. The molecule has 25 heavy (non-hydrogen) atoms. The van der Waals surface area contributed by atoms with Crippen LogP contribution in [0.3, 0.4) is 0 Å². The molecule has 0 radical (unpaired) electrons. The number of ether oxygens (including phenoxy) is 1. The molecule has 0 bridgehead atoms. The molecule has 138 valence electrons. The summed E-state index contributed by atoms with van der Waals surface area (Å²) in [5, 5.41) is 10.6. The van der Waals surface area contributed by atoms with Crippen molar-refractivity contribution in [2.75, 3.05) is 0 Å². The Labute approximate surface area is 150 Å². The molecule has 0 amide bonds. The zero-order chi connectivity index (χ0) is 18.0. The second kappa shape index (κ2) is 5.67. The molecule has 0 saturated heterocycles. The van der Waals surface area contributed by atoms with E-state index in [9.17, 15) is 14.7 Å². The number of allylic oxidation sites excluding steroid dienone is 1. The molecule has 4 aliphatic rings. The van der Waals surface area contributed by atoms with Crippen LogP contribution in [-0.2, 0) is 14.3 Å². The number of aliphatic hydroxyl groups is 1. The van der Waals surface area contributed by atoms with E-state index in [0.717, 1.165) is 38.5 Å².